The summed E-state index contributed by atoms with van der Waals surface area (Å²) in [4.78, 5) is 16.4. The molecule has 1 N–H and O–H groups in total. The number of rotatable bonds is 7. The highest BCUT2D eigenvalue weighted by atomic mass is 16.5. The van der Waals surface area contributed by atoms with Gasteiger partial charge in [-0.05, 0) is 33.1 Å². The molecule has 0 spiro atoms. The van der Waals surface area contributed by atoms with Gasteiger partial charge in [-0.15, -0.1) is 0 Å². The van der Waals surface area contributed by atoms with Crippen LogP contribution in [0.3, 0.4) is 0 Å². The SMILES string of the molecule is Cc1noc(C)c1CCC(=O)N[C@@H](C)c1nc(CC(C)C)no1. The first-order valence-corrected chi connectivity index (χ1v) is 7.90. The molecule has 23 heavy (non-hydrogen) atoms. The Balaban J connectivity index is 1.86. The van der Waals surface area contributed by atoms with Crippen molar-refractivity contribution in [3.05, 3.63) is 28.7 Å². The number of carbonyl (C=O) groups is 1. The van der Waals surface area contributed by atoms with Gasteiger partial charge < -0.3 is 14.4 Å². The van der Waals surface area contributed by atoms with Crippen LogP contribution in [0.1, 0.15) is 62.0 Å². The fourth-order valence-corrected chi connectivity index (χ4v) is 2.36. The van der Waals surface area contributed by atoms with E-state index in [1.807, 2.05) is 20.8 Å². The fraction of sp³-hybridized carbons (Fsp3) is 0.625. The number of carbonyl (C=O) groups excluding carboxylic acids is 1. The molecule has 0 aromatic carbocycles. The Hall–Kier alpha value is -2.18. The van der Waals surface area contributed by atoms with Gasteiger partial charge in [-0.1, -0.05) is 24.2 Å². The highest BCUT2D eigenvalue weighted by molar-refractivity contribution is 5.76. The van der Waals surface area contributed by atoms with Crippen LogP contribution in [0.25, 0.3) is 0 Å². The third-order valence-electron chi connectivity index (χ3n) is 3.61. The van der Waals surface area contributed by atoms with Crippen LogP contribution in [0.4, 0.5) is 0 Å². The lowest BCUT2D eigenvalue weighted by Crippen LogP contribution is -2.27. The van der Waals surface area contributed by atoms with Crippen LogP contribution in [-0.2, 0) is 17.6 Å². The minimum Gasteiger partial charge on any atom is -0.361 e. The van der Waals surface area contributed by atoms with E-state index < -0.39 is 0 Å². The van der Waals surface area contributed by atoms with Crippen LogP contribution in [0.5, 0.6) is 0 Å². The lowest BCUT2D eigenvalue weighted by molar-refractivity contribution is -0.121. The Morgan fingerprint density at radius 1 is 1.17 bits per heavy atom. The summed E-state index contributed by atoms with van der Waals surface area (Å²) in [6, 6.07) is -0.305. The van der Waals surface area contributed by atoms with Crippen molar-refractivity contribution in [3.8, 4) is 0 Å². The summed E-state index contributed by atoms with van der Waals surface area (Å²) < 4.78 is 10.3. The predicted molar refractivity (Wildman–Crippen MR) is 83.7 cm³/mol. The van der Waals surface area contributed by atoms with E-state index in [4.69, 9.17) is 9.05 Å². The molecule has 0 unspecified atom stereocenters. The van der Waals surface area contributed by atoms with Gasteiger partial charge in [0.15, 0.2) is 5.82 Å². The number of aromatic nitrogens is 3. The quantitative estimate of drug-likeness (QED) is 0.843. The molecule has 1 amide bonds. The smallest absolute Gasteiger partial charge is 0.248 e. The number of nitrogens with zero attached hydrogens (tertiary/aromatic N) is 3. The van der Waals surface area contributed by atoms with Gasteiger partial charge in [-0.25, -0.2) is 0 Å². The Bertz CT molecular complexity index is 641. The molecule has 1 atom stereocenters. The first-order chi connectivity index (χ1) is 10.9. The van der Waals surface area contributed by atoms with Crippen molar-refractivity contribution in [3.63, 3.8) is 0 Å². The molecule has 0 bridgehead atoms. The third-order valence-corrected chi connectivity index (χ3v) is 3.61. The minimum absolute atomic E-state index is 0.0684. The molecule has 0 saturated carbocycles. The maximum Gasteiger partial charge on any atom is 0.248 e. The molecule has 2 heterocycles. The highest BCUT2D eigenvalue weighted by Crippen LogP contribution is 2.15. The van der Waals surface area contributed by atoms with Crippen molar-refractivity contribution < 1.29 is 13.8 Å². The van der Waals surface area contributed by atoms with Gasteiger partial charge in [0.25, 0.3) is 0 Å². The first-order valence-electron chi connectivity index (χ1n) is 7.90. The molecular weight excluding hydrogens is 296 g/mol. The van der Waals surface area contributed by atoms with Gasteiger partial charge in [0.05, 0.1) is 5.69 Å². The van der Waals surface area contributed by atoms with Crippen LogP contribution >= 0.6 is 0 Å². The Kier molecular flexibility index (Phi) is 5.52. The summed E-state index contributed by atoms with van der Waals surface area (Å²) in [6.07, 6.45) is 1.72. The molecule has 0 radical (unpaired) electrons. The molecule has 126 valence electrons. The van der Waals surface area contributed by atoms with Crippen LogP contribution in [0.15, 0.2) is 9.05 Å². The van der Waals surface area contributed by atoms with E-state index >= 15 is 0 Å². The van der Waals surface area contributed by atoms with Crippen molar-refractivity contribution in [2.24, 2.45) is 5.92 Å². The monoisotopic (exact) mass is 320 g/mol. The lowest BCUT2D eigenvalue weighted by Gasteiger charge is -2.09. The first kappa shape index (κ1) is 17.2. The van der Waals surface area contributed by atoms with Crippen LogP contribution < -0.4 is 5.32 Å². The van der Waals surface area contributed by atoms with E-state index in [2.05, 4.69) is 34.5 Å². The normalized spacial score (nSPS) is 12.6. The molecule has 7 heteroatoms. The predicted octanol–water partition coefficient (Wildman–Crippen LogP) is 2.68. The van der Waals surface area contributed by atoms with Gasteiger partial charge in [0.1, 0.15) is 11.8 Å². The van der Waals surface area contributed by atoms with Crippen LogP contribution in [0.2, 0.25) is 0 Å². The van der Waals surface area contributed by atoms with Crippen molar-refractivity contribution in [2.45, 2.75) is 59.9 Å². The topological polar surface area (TPSA) is 94.1 Å². The van der Waals surface area contributed by atoms with Gasteiger partial charge in [-0.3, -0.25) is 4.79 Å². The summed E-state index contributed by atoms with van der Waals surface area (Å²) in [5.41, 5.74) is 1.82. The summed E-state index contributed by atoms with van der Waals surface area (Å²) in [6.45, 7) is 9.75. The van der Waals surface area contributed by atoms with Crippen molar-refractivity contribution >= 4 is 5.91 Å². The zero-order valence-electron chi connectivity index (χ0n) is 14.3. The number of nitrogens with one attached hydrogen (secondary N) is 1. The maximum atomic E-state index is 12.1. The molecule has 0 saturated heterocycles. The third kappa shape index (κ3) is 4.64. The standard InChI is InChI=1S/C16H24N4O3/c1-9(2)8-14-18-16(23-20-14)11(4)17-15(21)7-6-13-10(3)19-22-12(13)5/h9,11H,6-8H2,1-5H3,(H,17,21)/t11-/m0/s1. The van der Waals surface area contributed by atoms with Gasteiger partial charge in [0, 0.05) is 18.4 Å². The molecule has 0 aliphatic heterocycles. The average molecular weight is 320 g/mol. The zero-order valence-corrected chi connectivity index (χ0v) is 14.3. The molecule has 2 aromatic rings. The minimum atomic E-state index is -0.305. The maximum absolute atomic E-state index is 12.1. The molecular formula is C16H24N4O3. The second-order valence-corrected chi connectivity index (χ2v) is 6.24. The largest absolute Gasteiger partial charge is 0.361 e. The number of hydrogen-bond acceptors (Lipinski definition) is 6. The molecule has 0 aliphatic carbocycles. The lowest BCUT2D eigenvalue weighted by atomic mass is 10.1. The van der Waals surface area contributed by atoms with Crippen LogP contribution in [-0.4, -0.2) is 21.2 Å². The number of amides is 1. The average Bonchev–Trinajstić information content (AvgIpc) is 3.04. The molecule has 7 nitrogen and oxygen atoms in total. The number of aryl methyl sites for hydroxylation is 2. The van der Waals surface area contributed by atoms with E-state index in [9.17, 15) is 4.79 Å². The van der Waals surface area contributed by atoms with E-state index in [0.29, 0.717) is 30.5 Å². The van der Waals surface area contributed by atoms with Gasteiger partial charge in [-0.2, -0.15) is 4.98 Å². The Morgan fingerprint density at radius 2 is 1.91 bits per heavy atom. The number of hydrogen-bond donors (Lipinski definition) is 1. The highest BCUT2D eigenvalue weighted by Gasteiger charge is 2.18. The fourth-order valence-electron chi connectivity index (χ4n) is 2.36. The van der Waals surface area contributed by atoms with Gasteiger partial charge >= 0.3 is 0 Å². The second-order valence-electron chi connectivity index (χ2n) is 6.24. The van der Waals surface area contributed by atoms with E-state index in [0.717, 1.165) is 23.4 Å². The molecule has 0 aliphatic rings. The molecule has 2 rings (SSSR count). The molecule has 2 aromatic heterocycles. The van der Waals surface area contributed by atoms with E-state index in [1.54, 1.807) is 0 Å². The van der Waals surface area contributed by atoms with Crippen LogP contribution in [0, 0.1) is 19.8 Å². The summed E-state index contributed by atoms with van der Waals surface area (Å²) in [7, 11) is 0. The van der Waals surface area contributed by atoms with Gasteiger partial charge in [0.2, 0.25) is 11.8 Å². The van der Waals surface area contributed by atoms with Crippen molar-refractivity contribution in [1.29, 1.82) is 0 Å². The van der Waals surface area contributed by atoms with E-state index in [1.165, 1.54) is 0 Å². The Labute approximate surface area is 135 Å². The Morgan fingerprint density at radius 3 is 2.52 bits per heavy atom. The summed E-state index contributed by atoms with van der Waals surface area (Å²) in [5.74, 6) is 2.26. The van der Waals surface area contributed by atoms with Crippen molar-refractivity contribution in [1.82, 2.24) is 20.6 Å². The summed E-state index contributed by atoms with van der Waals surface area (Å²) in [5, 5.41) is 10.7. The molecule has 0 fully saturated rings. The van der Waals surface area contributed by atoms with Crippen molar-refractivity contribution in [2.75, 3.05) is 0 Å². The summed E-state index contributed by atoms with van der Waals surface area (Å²) >= 11 is 0. The second kappa shape index (κ2) is 7.39. The van der Waals surface area contributed by atoms with E-state index in [-0.39, 0.29) is 11.9 Å². The zero-order chi connectivity index (χ0) is 17.0.